The largest absolute Gasteiger partial charge is 0.497 e. The highest BCUT2D eigenvalue weighted by Gasteiger charge is 2.04. The Kier molecular flexibility index (Phi) is 6.56. The summed E-state index contributed by atoms with van der Waals surface area (Å²) < 4.78 is 5.12. The highest BCUT2D eigenvalue weighted by atomic mass is 16.5. The molecule has 0 heterocycles. The van der Waals surface area contributed by atoms with Gasteiger partial charge in [0.05, 0.1) is 13.7 Å². The Hall–Kier alpha value is -2.04. The zero-order valence-corrected chi connectivity index (χ0v) is 12.6. The van der Waals surface area contributed by atoms with Crippen molar-refractivity contribution in [2.45, 2.75) is 27.2 Å². The lowest BCUT2D eigenvalue weighted by atomic mass is 10.1. The predicted octanol–water partition coefficient (Wildman–Crippen LogP) is 2.65. The van der Waals surface area contributed by atoms with Gasteiger partial charge in [0.25, 0.3) is 5.91 Å². The van der Waals surface area contributed by atoms with E-state index < -0.39 is 0 Å². The van der Waals surface area contributed by atoms with Gasteiger partial charge in [-0.05, 0) is 31.4 Å². The van der Waals surface area contributed by atoms with Crippen LogP contribution in [0.25, 0.3) is 0 Å². The van der Waals surface area contributed by atoms with Crippen molar-refractivity contribution >= 4 is 17.3 Å². The van der Waals surface area contributed by atoms with E-state index >= 15 is 0 Å². The lowest BCUT2D eigenvalue weighted by Crippen LogP contribution is -2.27. The highest BCUT2D eigenvalue weighted by molar-refractivity contribution is 5.87. The normalized spacial score (nSPS) is 12.7. The number of anilines is 1. The molecular formula is C15H23N3O2. The third kappa shape index (κ3) is 5.30. The van der Waals surface area contributed by atoms with Gasteiger partial charge in [-0.15, -0.1) is 0 Å². The predicted molar refractivity (Wildman–Crippen MR) is 82.2 cm³/mol. The molecule has 0 aromatic heterocycles. The van der Waals surface area contributed by atoms with E-state index in [0.29, 0.717) is 5.92 Å². The molecule has 0 radical (unpaired) electrons. The zero-order valence-electron chi connectivity index (χ0n) is 12.6. The molecule has 2 N–H and O–H groups in total. The van der Waals surface area contributed by atoms with E-state index in [1.807, 2.05) is 31.2 Å². The van der Waals surface area contributed by atoms with Crippen LogP contribution in [0, 0.1) is 5.92 Å². The molecule has 0 bridgehead atoms. The maximum Gasteiger partial charge on any atom is 0.259 e. The first-order chi connectivity index (χ1) is 9.56. The second-order valence-corrected chi connectivity index (χ2v) is 4.68. The van der Waals surface area contributed by atoms with E-state index in [0.717, 1.165) is 23.6 Å². The Bertz CT molecular complexity index is 472. The molecule has 1 rings (SSSR count). The minimum Gasteiger partial charge on any atom is -0.497 e. The van der Waals surface area contributed by atoms with E-state index in [4.69, 9.17) is 4.74 Å². The standard InChI is InChI=1S/C15H23N3O2/c1-5-11(2)12(3)17-18-15(19)10-16-13-7-6-8-14(9-13)20-4/h6-9,11,16H,5,10H2,1-4H3,(H,18,19)/b17-12-/t11-/m0/s1. The zero-order chi connectivity index (χ0) is 15.0. The summed E-state index contributed by atoms with van der Waals surface area (Å²) in [6.45, 7) is 6.27. The summed E-state index contributed by atoms with van der Waals surface area (Å²) >= 11 is 0. The first kappa shape index (κ1) is 16.0. The Balaban J connectivity index is 2.43. The molecule has 0 spiro atoms. The second kappa shape index (κ2) is 8.19. The number of rotatable bonds is 7. The fourth-order valence-electron chi connectivity index (χ4n) is 1.51. The van der Waals surface area contributed by atoms with Gasteiger partial charge in [0.15, 0.2) is 0 Å². The average molecular weight is 277 g/mol. The molecule has 110 valence electrons. The van der Waals surface area contributed by atoms with E-state index in [1.54, 1.807) is 7.11 Å². The summed E-state index contributed by atoms with van der Waals surface area (Å²) in [5.41, 5.74) is 4.32. The maximum atomic E-state index is 11.7. The average Bonchev–Trinajstić information content (AvgIpc) is 2.49. The molecule has 0 saturated heterocycles. The molecule has 0 aliphatic heterocycles. The summed E-state index contributed by atoms with van der Waals surface area (Å²) in [6.07, 6.45) is 1.01. The fourth-order valence-corrected chi connectivity index (χ4v) is 1.51. The molecule has 0 aliphatic carbocycles. The number of carbonyl (C=O) groups excluding carboxylic acids is 1. The lowest BCUT2D eigenvalue weighted by Gasteiger charge is -2.09. The topological polar surface area (TPSA) is 62.7 Å². The number of amides is 1. The van der Waals surface area contributed by atoms with Crippen molar-refractivity contribution in [1.82, 2.24) is 5.43 Å². The van der Waals surface area contributed by atoms with Crippen molar-refractivity contribution in [3.63, 3.8) is 0 Å². The summed E-state index contributed by atoms with van der Waals surface area (Å²) in [5.74, 6) is 0.957. The summed E-state index contributed by atoms with van der Waals surface area (Å²) in [5, 5.41) is 7.12. The second-order valence-electron chi connectivity index (χ2n) is 4.68. The van der Waals surface area contributed by atoms with Gasteiger partial charge in [-0.25, -0.2) is 5.43 Å². The van der Waals surface area contributed by atoms with Crippen LogP contribution in [0.3, 0.4) is 0 Å². The van der Waals surface area contributed by atoms with Crippen LogP contribution in [-0.2, 0) is 4.79 Å². The van der Waals surface area contributed by atoms with E-state index in [1.165, 1.54) is 0 Å². The number of nitrogens with one attached hydrogen (secondary N) is 2. The lowest BCUT2D eigenvalue weighted by molar-refractivity contribution is -0.119. The van der Waals surface area contributed by atoms with Gasteiger partial charge in [-0.3, -0.25) is 4.79 Å². The van der Waals surface area contributed by atoms with Crippen molar-refractivity contribution < 1.29 is 9.53 Å². The van der Waals surface area contributed by atoms with Gasteiger partial charge in [-0.1, -0.05) is 19.9 Å². The van der Waals surface area contributed by atoms with Crippen molar-refractivity contribution in [2.24, 2.45) is 11.0 Å². The van der Waals surface area contributed by atoms with E-state index in [2.05, 4.69) is 29.7 Å². The van der Waals surface area contributed by atoms with Gasteiger partial charge in [0.1, 0.15) is 5.75 Å². The van der Waals surface area contributed by atoms with Crippen LogP contribution in [0.5, 0.6) is 5.75 Å². The Morgan fingerprint density at radius 2 is 2.20 bits per heavy atom. The minimum atomic E-state index is -0.171. The molecule has 1 atom stereocenters. The minimum absolute atomic E-state index is 0.171. The molecule has 0 fully saturated rings. The quantitative estimate of drug-likeness (QED) is 0.595. The highest BCUT2D eigenvalue weighted by Crippen LogP contribution is 2.16. The molecule has 5 nitrogen and oxygen atoms in total. The van der Waals surface area contributed by atoms with Crippen LogP contribution in [0.2, 0.25) is 0 Å². The monoisotopic (exact) mass is 277 g/mol. The molecule has 1 aromatic rings. The molecule has 1 aromatic carbocycles. The van der Waals surface area contributed by atoms with Crippen LogP contribution >= 0.6 is 0 Å². The van der Waals surface area contributed by atoms with Crippen LogP contribution < -0.4 is 15.5 Å². The number of hydrogen-bond acceptors (Lipinski definition) is 4. The van der Waals surface area contributed by atoms with Gasteiger partial charge in [0, 0.05) is 17.5 Å². The summed E-state index contributed by atoms with van der Waals surface area (Å²) in [4.78, 5) is 11.7. The number of hydrogen-bond donors (Lipinski definition) is 2. The number of nitrogens with zero attached hydrogens (tertiary/aromatic N) is 1. The number of ether oxygens (including phenoxy) is 1. The molecule has 0 unspecified atom stereocenters. The van der Waals surface area contributed by atoms with Gasteiger partial charge < -0.3 is 10.1 Å². The first-order valence-corrected chi connectivity index (χ1v) is 6.77. The van der Waals surface area contributed by atoms with E-state index in [-0.39, 0.29) is 12.5 Å². The SMILES string of the molecule is CC[C@H](C)/C(C)=N\NC(=O)CNc1cccc(OC)c1. The molecule has 5 heteroatoms. The smallest absolute Gasteiger partial charge is 0.259 e. The Morgan fingerprint density at radius 3 is 2.85 bits per heavy atom. The number of benzene rings is 1. The first-order valence-electron chi connectivity index (χ1n) is 6.77. The van der Waals surface area contributed by atoms with Crippen LogP contribution in [0.1, 0.15) is 27.2 Å². The third-order valence-corrected chi connectivity index (χ3v) is 3.21. The Labute approximate surface area is 120 Å². The van der Waals surface area contributed by atoms with Crippen molar-refractivity contribution in [3.05, 3.63) is 24.3 Å². The molecule has 0 aliphatic rings. The fraction of sp³-hybridized carbons (Fsp3) is 0.467. The van der Waals surface area contributed by atoms with Crippen LogP contribution in [0.4, 0.5) is 5.69 Å². The maximum absolute atomic E-state index is 11.7. The molecular weight excluding hydrogens is 254 g/mol. The van der Waals surface area contributed by atoms with Crippen LogP contribution in [-0.4, -0.2) is 25.3 Å². The van der Waals surface area contributed by atoms with E-state index in [9.17, 15) is 4.79 Å². The number of carbonyl (C=O) groups is 1. The molecule has 1 amide bonds. The third-order valence-electron chi connectivity index (χ3n) is 3.21. The van der Waals surface area contributed by atoms with Gasteiger partial charge >= 0.3 is 0 Å². The van der Waals surface area contributed by atoms with Crippen molar-refractivity contribution in [3.8, 4) is 5.75 Å². The van der Waals surface area contributed by atoms with Gasteiger partial charge in [0.2, 0.25) is 0 Å². The van der Waals surface area contributed by atoms with Crippen molar-refractivity contribution in [1.29, 1.82) is 0 Å². The molecule has 20 heavy (non-hydrogen) atoms. The molecule has 0 saturated carbocycles. The summed E-state index contributed by atoms with van der Waals surface area (Å²) in [6, 6.07) is 7.43. The number of methoxy groups -OCH3 is 1. The Morgan fingerprint density at radius 1 is 1.45 bits per heavy atom. The van der Waals surface area contributed by atoms with Crippen molar-refractivity contribution in [2.75, 3.05) is 19.0 Å². The van der Waals surface area contributed by atoms with Crippen LogP contribution in [0.15, 0.2) is 29.4 Å². The number of hydrazone groups is 1. The summed E-state index contributed by atoms with van der Waals surface area (Å²) in [7, 11) is 1.61. The van der Waals surface area contributed by atoms with Gasteiger partial charge in [-0.2, -0.15) is 5.10 Å².